The average molecular weight is 576 g/mol. The van der Waals surface area contributed by atoms with Gasteiger partial charge in [0, 0.05) is 0 Å². The van der Waals surface area contributed by atoms with Gasteiger partial charge in [-0.2, -0.15) is 6.07 Å². The van der Waals surface area contributed by atoms with Crippen LogP contribution in [0.2, 0.25) is 0 Å². The van der Waals surface area contributed by atoms with Gasteiger partial charge in [-0.15, -0.1) is 6.07 Å². The molecule has 6 aromatic rings. The predicted octanol–water partition coefficient (Wildman–Crippen LogP) is 3.10. The Labute approximate surface area is 252 Å². The number of rotatable bonds is 0. The highest BCUT2D eigenvalue weighted by Gasteiger charge is 2.49. The Hall–Kier alpha value is -5.05. The second-order valence-corrected chi connectivity index (χ2v) is 11.8. The molecule has 0 amide bonds. The molecule has 3 aromatic carbocycles. The fourth-order valence-electron chi connectivity index (χ4n) is 7.17. The molecule has 0 spiro atoms. The first kappa shape index (κ1) is 25.4. The molecule has 7 heterocycles. The first-order valence-electron chi connectivity index (χ1n) is 14.4. The molecule has 0 saturated carbocycles. The zero-order valence-corrected chi connectivity index (χ0v) is 23.3. The van der Waals surface area contributed by atoms with Gasteiger partial charge in [0.25, 0.3) is 0 Å². The third kappa shape index (κ3) is 2.96. The van der Waals surface area contributed by atoms with Gasteiger partial charge in [-0.25, -0.2) is 4.98 Å². The highest BCUT2D eigenvalue weighted by atomic mass is 16.3. The van der Waals surface area contributed by atoms with E-state index in [-0.39, 0.29) is 22.8 Å². The van der Waals surface area contributed by atoms with Crippen molar-refractivity contribution in [3.63, 3.8) is 0 Å². The molecule has 4 aliphatic heterocycles. The summed E-state index contributed by atoms with van der Waals surface area (Å²) in [6, 6.07) is 35.2. The van der Waals surface area contributed by atoms with E-state index in [4.69, 9.17) is 9.97 Å². The zero-order chi connectivity index (χ0) is 29.9. The summed E-state index contributed by atoms with van der Waals surface area (Å²) in [4.78, 5) is 9.92. The molecular weight excluding hydrogens is 550 g/mol. The van der Waals surface area contributed by atoms with E-state index >= 15 is 0 Å². The minimum atomic E-state index is -1.97. The minimum absolute atomic E-state index is 0.208. The maximum absolute atomic E-state index is 13.0. The Morgan fingerprint density at radius 3 is 1.50 bits per heavy atom. The van der Waals surface area contributed by atoms with Crippen LogP contribution in [0.4, 0.5) is 0 Å². The molecule has 7 heteroatoms. The number of aromatic nitrogens is 3. The van der Waals surface area contributed by atoms with Gasteiger partial charge < -0.3 is 20.4 Å². The van der Waals surface area contributed by atoms with Gasteiger partial charge in [0.2, 0.25) is 0 Å². The minimum Gasteiger partial charge on any atom is -0.378 e. The molecule has 3 aromatic heterocycles. The SMILES string of the molecule is OC12c3[c-][n+](ccc3)C3(O)c4cccc(c4)C(O)(c4cccc1c4)c1cccc(n1)C(O)(c1cccc2c1)c1cccc3n1. The van der Waals surface area contributed by atoms with Crippen molar-refractivity contribution in [2.24, 2.45) is 0 Å². The Balaban J connectivity index is 1.63. The Kier molecular flexibility index (Phi) is 4.81. The monoisotopic (exact) mass is 575 g/mol. The van der Waals surface area contributed by atoms with Crippen LogP contribution in [0.15, 0.2) is 128 Å². The molecule has 16 bridgehead atoms. The van der Waals surface area contributed by atoms with Crippen molar-refractivity contribution in [1.82, 2.24) is 9.97 Å². The van der Waals surface area contributed by atoms with E-state index in [2.05, 4.69) is 6.20 Å². The van der Waals surface area contributed by atoms with E-state index in [1.807, 2.05) is 0 Å². The van der Waals surface area contributed by atoms with Gasteiger partial charge in [0.15, 0.2) is 11.2 Å². The highest BCUT2D eigenvalue weighted by Crippen LogP contribution is 2.46. The van der Waals surface area contributed by atoms with Gasteiger partial charge in [-0.3, -0.25) is 9.55 Å². The van der Waals surface area contributed by atoms with Crippen LogP contribution in [0.25, 0.3) is 0 Å². The van der Waals surface area contributed by atoms with Crippen LogP contribution in [0.1, 0.15) is 61.7 Å². The summed E-state index contributed by atoms with van der Waals surface area (Å²) in [5.41, 5.74) is -3.69. The first-order chi connectivity index (χ1) is 21.3. The quantitative estimate of drug-likeness (QED) is 0.164. The molecule has 4 N–H and O–H groups in total. The van der Waals surface area contributed by atoms with Crippen molar-refractivity contribution in [2.75, 3.05) is 0 Å². The standard InChI is InChI=1S/C37H25N3O4/c41-34-23-7-1-9-25(19-23)35(42)26-10-3-12-28(21-26)37(44,40-18-6-13-29(34)22-40)33-17-5-16-32(39-33)36(43,27-11-2-8-24(34)20-27)31-15-4-14-30(35)38-31/h1-21,41-44H. The fraction of sp³-hybridized carbons (Fsp3) is 0.108. The van der Waals surface area contributed by atoms with Crippen LogP contribution in [0.5, 0.6) is 0 Å². The molecule has 7 nitrogen and oxygen atoms in total. The van der Waals surface area contributed by atoms with E-state index in [1.165, 1.54) is 4.57 Å². The smallest absolute Gasteiger partial charge is 0.320 e. The summed E-state index contributed by atoms with van der Waals surface area (Å²) in [5.74, 6) is 0. The van der Waals surface area contributed by atoms with Crippen molar-refractivity contribution >= 4 is 0 Å². The molecule has 4 aliphatic rings. The molecule has 0 fully saturated rings. The van der Waals surface area contributed by atoms with E-state index < -0.39 is 22.5 Å². The molecular formula is C37H25N3O4. The molecule has 44 heavy (non-hydrogen) atoms. The molecule has 212 valence electrons. The maximum Gasteiger partial charge on any atom is 0.320 e. The van der Waals surface area contributed by atoms with Crippen LogP contribution >= 0.6 is 0 Å². The number of hydrogen-bond donors (Lipinski definition) is 4. The number of aliphatic hydroxyl groups is 4. The lowest BCUT2D eigenvalue weighted by Crippen LogP contribution is -2.59. The number of benzene rings is 3. The first-order valence-corrected chi connectivity index (χ1v) is 14.4. The number of hydrogen-bond acceptors (Lipinski definition) is 6. The fourth-order valence-corrected chi connectivity index (χ4v) is 7.17. The molecule has 0 radical (unpaired) electrons. The third-order valence-corrected chi connectivity index (χ3v) is 9.52. The third-order valence-electron chi connectivity index (χ3n) is 9.52. The topological polar surface area (TPSA) is 111 Å². The summed E-state index contributed by atoms with van der Waals surface area (Å²) in [6.07, 6.45) is 4.98. The van der Waals surface area contributed by atoms with Crippen molar-refractivity contribution in [1.29, 1.82) is 0 Å². The predicted molar refractivity (Wildman–Crippen MR) is 158 cm³/mol. The number of pyridine rings is 3. The van der Waals surface area contributed by atoms with Crippen LogP contribution in [0.3, 0.4) is 0 Å². The zero-order valence-electron chi connectivity index (χ0n) is 23.3. The average Bonchev–Trinajstić information content (AvgIpc) is 3.09. The van der Waals surface area contributed by atoms with Crippen LogP contribution in [-0.2, 0) is 22.5 Å². The van der Waals surface area contributed by atoms with Crippen LogP contribution < -0.4 is 4.57 Å². The van der Waals surface area contributed by atoms with E-state index in [9.17, 15) is 20.4 Å². The highest BCUT2D eigenvalue weighted by molar-refractivity contribution is 5.56. The molecule has 4 unspecified atom stereocenters. The summed E-state index contributed by atoms with van der Waals surface area (Å²) in [6.45, 7) is 0. The normalized spacial score (nSPS) is 27.0. The van der Waals surface area contributed by atoms with Crippen molar-refractivity contribution in [3.8, 4) is 0 Å². The maximum atomic E-state index is 13.0. The van der Waals surface area contributed by atoms with Gasteiger partial charge in [-0.1, -0.05) is 66.2 Å². The molecule has 4 atom stereocenters. The summed E-state index contributed by atoms with van der Waals surface area (Å²) < 4.78 is 1.50. The lowest BCUT2D eigenvalue weighted by atomic mass is 9.74. The van der Waals surface area contributed by atoms with Gasteiger partial charge in [0.05, 0.1) is 28.8 Å². The van der Waals surface area contributed by atoms with Crippen molar-refractivity contribution in [2.45, 2.75) is 22.5 Å². The Bertz CT molecular complexity index is 1660. The second-order valence-electron chi connectivity index (χ2n) is 11.8. The van der Waals surface area contributed by atoms with Crippen molar-refractivity contribution < 1.29 is 25.0 Å². The van der Waals surface area contributed by atoms with Crippen LogP contribution in [-0.4, -0.2) is 30.4 Å². The Morgan fingerprint density at radius 2 is 0.886 bits per heavy atom. The second kappa shape index (κ2) is 8.31. The van der Waals surface area contributed by atoms with E-state index in [0.29, 0.717) is 38.9 Å². The lowest BCUT2D eigenvalue weighted by molar-refractivity contribution is -0.788. The largest absolute Gasteiger partial charge is 0.378 e. The Morgan fingerprint density at radius 1 is 0.455 bits per heavy atom. The molecule has 0 aliphatic carbocycles. The number of nitrogens with zero attached hydrogens (tertiary/aromatic N) is 3. The van der Waals surface area contributed by atoms with Crippen LogP contribution in [0, 0.1) is 6.20 Å². The van der Waals surface area contributed by atoms with Gasteiger partial charge in [0.1, 0.15) is 17.5 Å². The lowest BCUT2D eigenvalue weighted by Gasteiger charge is -2.39. The molecule has 10 rings (SSSR count). The van der Waals surface area contributed by atoms with Gasteiger partial charge in [-0.05, 0) is 76.3 Å². The summed E-state index contributed by atoms with van der Waals surface area (Å²) in [5, 5.41) is 52.0. The molecule has 0 saturated heterocycles. The van der Waals surface area contributed by atoms with E-state index in [0.717, 1.165) is 0 Å². The van der Waals surface area contributed by atoms with Gasteiger partial charge >= 0.3 is 5.72 Å². The van der Waals surface area contributed by atoms with Crippen molar-refractivity contribution in [3.05, 3.63) is 195 Å². The summed E-state index contributed by atoms with van der Waals surface area (Å²) in [7, 11) is 0. The van der Waals surface area contributed by atoms with E-state index in [1.54, 1.807) is 128 Å². The summed E-state index contributed by atoms with van der Waals surface area (Å²) >= 11 is 0.